The number of benzene rings is 1. The fourth-order valence-electron chi connectivity index (χ4n) is 2.32. The molecule has 0 radical (unpaired) electrons. The lowest BCUT2D eigenvalue weighted by Crippen LogP contribution is -2.59. The van der Waals surface area contributed by atoms with Gasteiger partial charge in [0.25, 0.3) is 5.91 Å². The van der Waals surface area contributed by atoms with Gasteiger partial charge in [-0.25, -0.2) is 0 Å². The first-order chi connectivity index (χ1) is 8.95. The number of piperazine rings is 1. The lowest BCUT2D eigenvalue weighted by Gasteiger charge is -2.42. The summed E-state index contributed by atoms with van der Waals surface area (Å²) in [5.74, 6) is 0.386. The summed E-state index contributed by atoms with van der Waals surface area (Å²) in [6.07, 6.45) is 0. The fraction of sp³-hybridized carbons (Fsp3) is 0.500. The number of phenols is 1. The zero-order valence-electron chi connectivity index (χ0n) is 11.6. The Bertz CT molecular complexity index is 486. The second kappa shape index (κ2) is 5.09. The summed E-state index contributed by atoms with van der Waals surface area (Å²) < 4.78 is 5.11. The first-order valence-electron chi connectivity index (χ1n) is 6.35. The van der Waals surface area contributed by atoms with Crippen LogP contribution < -0.4 is 10.1 Å². The van der Waals surface area contributed by atoms with Gasteiger partial charge in [-0.2, -0.15) is 0 Å². The summed E-state index contributed by atoms with van der Waals surface area (Å²) in [5, 5.41) is 13.2. The number of hydrogen-bond acceptors (Lipinski definition) is 4. The van der Waals surface area contributed by atoms with Crippen molar-refractivity contribution in [2.24, 2.45) is 0 Å². The maximum Gasteiger partial charge on any atom is 0.258 e. The Kier molecular flexibility index (Phi) is 3.66. The lowest BCUT2D eigenvalue weighted by molar-refractivity contribution is 0.0474. The zero-order chi connectivity index (χ0) is 14.0. The topological polar surface area (TPSA) is 61.8 Å². The van der Waals surface area contributed by atoms with Crippen LogP contribution in [0.15, 0.2) is 18.2 Å². The first kappa shape index (κ1) is 13.7. The second-order valence-electron chi connectivity index (χ2n) is 5.33. The summed E-state index contributed by atoms with van der Waals surface area (Å²) in [7, 11) is 1.54. The number of rotatable bonds is 2. The van der Waals surface area contributed by atoms with E-state index in [0.29, 0.717) is 12.3 Å². The molecule has 2 N–H and O–H groups in total. The van der Waals surface area contributed by atoms with E-state index < -0.39 is 0 Å². The molecule has 0 aliphatic carbocycles. The highest BCUT2D eigenvalue weighted by Crippen LogP contribution is 2.27. The highest BCUT2D eigenvalue weighted by molar-refractivity contribution is 5.97. The van der Waals surface area contributed by atoms with Crippen LogP contribution in [0.5, 0.6) is 11.5 Å². The van der Waals surface area contributed by atoms with E-state index in [1.165, 1.54) is 13.2 Å². The van der Waals surface area contributed by atoms with Crippen molar-refractivity contribution in [3.05, 3.63) is 23.8 Å². The monoisotopic (exact) mass is 264 g/mol. The van der Waals surface area contributed by atoms with E-state index in [0.717, 1.165) is 13.1 Å². The molecule has 1 aromatic carbocycles. The minimum absolute atomic E-state index is 0.0138. The molecule has 1 heterocycles. The Hall–Kier alpha value is -1.75. The van der Waals surface area contributed by atoms with Crippen LogP contribution in [0.1, 0.15) is 24.2 Å². The van der Waals surface area contributed by atoms with Crippen LogP contribution in [0, 0.1) is 0 Å². The van der Waals surface area contributed by atoms with Crippen molar-refractivity contribution in [3.63, 3.8) is 0 Å². The summed E-state index contributed by atoms with van der Waals surface area (Å²) in [5.41, 5.74) is 0.0134. The highest BCUT2D eigenvalue weighted by atomic mass is 16.5. The van der Waals surface area contributed by atoms with Gasteiger partial charge < -0.3 is 20.1 Å². The van der Waals surface area contributed by atoms with E-state index in [9.17, 15) is 9.90 Å². The number of nitrogens with one attached hydrogen (secondary N) is 1. The normalized spacial score (nSPS) is 18.2. The third-order valence-corrected chi connectivity index (χ3v) is 3.48. The Morgan fingerprint density at radius 2 is 2.21 bits per heavy atom. The van der Waals surface area contributed by atoms with Crippen molar-refractivity contribution >= 4 is 5.91 Å². The molecule has 5 heteroatoms. The molecule has 0 atom stereocenters. The Labute approximate surface area is 113 Å². The number of phenolic OH excluding ortho intramolecular Hbond substituents is 1. The molecule has 0 aromatic heterocycles. The number of carbonyl (C=O) groups excluding carboxylic acids is 1. The van der Waals surface area contributed by atoms with E-state index in [1.54, 1.807) is 17.0 Å². The highest BCUT2D eigenvalue weighted by Gasteiger charge is 2.34. The standard InChI is InChI=1S/C14H20N2O3/c1-14(2)9-15-6-7-16(14)13(18)11-8-10(19-3)4-5-12(11)17/h4-5,8,15,17H,6-7,9H2,1-3H3. The molecule has 1 saturated heterocycles. The van der Waals surface area contributed by atoms with Crippen molar-refractivity contribution in [2.45, 2.75) is 19.4 Å². The maximum atomic E-state index is 12.6. The van der Waals surface area contributed by atoms with E-state index in [-0.39, 0.29) is 22.8 Å². The van der Waals surface area contributed by atoms with Crippen LogP contribution in [0.3, 0.4) is 0 Å². The van der Waals surface area contributed by atoms with Gasteiger partial charge in [-0.05, 0) is 32.0 Å². The van der Waals surface area contributed by atoms with Gasteiger partial charge in [0.2, 0.25) is 0 Å². The SMILES string of the molecule is COc1ccc(O)c(C(=O)N2CCNCC2(C)C)c1. The van der Waals surface area contributed by atoms with Crippen molar-refractivity contribution < 1.29 is 14.6 Å². The fourth-order valence-corrected chi connectivity index (χ4v) is 2.32. The van der Waals surface area contributed by atoms with Crippen LogP contribution in [0.2, 0.25) is 0 Å². The molecule has 1 aromatic rings. The minimum Gasteiger partial charge on any atom is -0.507 e. The van der Waals surface area contributed by atoms with Gasteiger partial charge in [0.05, 0.1) is 18.2 Å². The first-order valence-corrected chi connectivity index (χ1v) is 6.35. The molecular weight excluding hydrogens is 244 g/mol. The predicted octanol–water partition coefficient (Wildman–Crippen LogP) is 1.22. The molecule has 0 spiro atoms. The number of aromatic hydroxyl groups is 1. The lowest BCUT2D eigenvalue weighted by atomic mass is 9.98. The third kappa shape index (κ3) is 2.66. The molecule has 1 fully saturated rings. The Morgan fingerprint density at radius 1 is 1.47 bits per heavy atom. The summed E-state index contributed by atoms with van der Waals surface area (Å²) in [6.45, 7) is 6.15. The van der Waals surface area contributed by atoms with Gasteiger partial charge >= 0.3 is 0 Å². The van der Waals surface area contributed by atoms with Gasteiger partial charge in [0, 0.05) is 19.6 Å². The molecule has 0 bridgehead atoms. The van der Waals surface area contributed by atoms with E-state index in [2.05, 4.69) is 5.32 Å². The largest absolute Gasteiger partial charge is 0.507 e. The number of ether oxygens (including phenoxy) is 1. The van der Waals surface area contributed by atoms with Crippen LogP contribution >= 0.6 is 0 Å². The minimum atomic E-state index is -0.273. The number of amides is 1. The molecular formula is C14H20N2O3. The number of nitrogens with zero attached hydrogens (tertiary/aromatic N) is 1. The average Bonchev–Trinajstić information content (AvgIpc) is 2.38. The summed E-state index contributed by atoms with van der Waals surface area (Å²) in [4.78, 5) is 14.4. The van der Waals surface area contributed by atoms with Gasteiger partial charge in [-0.3, -0.25) is 4.79 Å². The predicted molar refractivity (Wildman–Crippen MR) is 72.6 cm³/mol. The van der Waals surface area contributed by atoms with E-state index in [4.69, 9.17) is 4.74 Å². The van der Waals surface area contributed by atoms with Crippen LogP contribution in [-0.4, -0.2) is 48.2 Å². The van der Waals surface area contributed by atoms with Gasteiger partial charge in [0.1, 0.15) is 11.5 Å². The Balaban J connectivity index is 2.33. The van der Waals surface area contributed by atoms with Crippen molar-refractivity contribution in [1.82, 2.24) is 10.2 Å². The number of methoxy groups -OCH3 is 1. The number of carbonyl (C=O) groups is 1. The van der Waals surface area contributed by atoms with Crippen molar-refractivity contribution in [3.8, 4) is 11.5 Å². The van der Waals surface area contributed by atoms with Crippen LogP contribution in [-0.2, 0) is 0 Å². The van der Waals surface area contributed by atoms with E-state index >= 15 is 0 Å². The molecule has 5 nitrogen and oxygen atoms in total. The van der Waals surface area contributed by atoms with Crippen LogP contribution in [0.4, 0.5) is 0 Å². The molecule has 19 heavy (non-hydrogen) atoms. The van der Waals surface area contributed by atoms with Gasteiger partial charge in [-0.1, -0.05) is 0 Å². The second-order valence-corrected chi connectivity index (χ2v) is 5.33. The molecule has 0 saturated carbocycles. The molecule has 1 aliphatic heterocycles. The van der Waals surface area contributed by atoms with Gasteiger partial charge in [0.15, 0.2) is 0 Å². The Morgan fingerprint density at radius 3 is 2.84 bits per heavy atom. The van der Waals surface area contributed by atoms with Gasteiger partial charge in [-0.15, -0.1) is 0 Å². The van der Waals surface area contributed by atoms with E-state index in [1.807, 2.05) is 13.8 Å². The molecule has 1 aliphatic rings. The quantitative estimate of drug-likeness (QED) is 0.843. The molecule has 104 valence electrons. The van der Waals surface area contributed by atoms with Crippen molar-refractivity contribution in [1.29, 1.82) is 0 Å². The molecule has 1 amide bonds. The molecule has 0 unspecified atom stereocenters. The number of hydrogen-bond donors (Lipinski definition) is 2. The van der Waals surface area contributed by atoms with Crippen molar-refractivity contribution in [2.75, 3.05) is 26.7 Å². The van der Waals surface area contributed by atoms with Crippen LogP contribution in [0.25, 0.3) is 0 Å². The summed E-state index contributed by atoms with van der Waals surface area (Å²) in [6, 6.07) is 4.70. The average molecular weight is 264 g/mol. The zero-order valence-corrected chi connectivity index (χ0v) is 11.6. The maximum absolute atomic E-state index is 12.6. The molecule has 2 rings (SSSR count). The third-order valence-electron chi connectivity index (χ3n) is 3.48. The smallest absolute Gasteiger partial charge is 0.258 e. The summed E-state index contributed by atoms with van der Waals surface area (Å²) >= 11 is 0.